The van der Waals surface area contributed by atoms with E-state index < -0.39 is 0 Å². The van der Waals surface area contributed by atoms with Crippen LogP contribution in [-0.4, -0.2) is 29.1 Å². The molecule has 0 saturated heterocycles. The molecule has 1 fully saturated rings. The Bertz CT molecular complexity index is 1220. The number of carbonyl (C=O) groups is 2. The van der Waals surface area contributed by atoms with E-state index in [1.807, 2.05) is 6.92 Å². The molecule has 0 radical (unpaired) electrons. The summed E-state index contributed by atoms with van der Waals surface area (Å²) in [5.41, 5.74) is 1.40. The van der Waals surface area contributed by atoms with E-state index in [0.717, 1.165) is 12.8 Å². The maximum atomic E-state index is 12.9. The summed E-state index contributed by atoms with van der Waals surface area (Å²) in [5.74, 6) is 1.44. The number of hydrogen-bond donors (Lipinski definition) is 2. The summed E-state index contributed by atoms with van der Waals surface area (Å²) in [6.45, 7) is 2.03. The molecule has 3 atom stereocenters. The number of anilines is 2. The number of rotatable bonds is 6. The molecule has 8 heteroatoms. The molecule has 8 nitrogen and oxygen atoms in total. The van der Waals surface area contributed by atoms with Crippen molar-refractivity contribution < 1.29 is 18.7 Å². The SMILES string of the molecule is COc1ccc(-c2nnc(NC(=O)c3ccc(NC(=O)[C@@]4(C)C[C@H]5C=C[C@H]4C5)cc3)o2)cc1. The number of amides is 2. The van der Waals surface area contributed by atoms with Crippen LogP contribution in [0.1, 0.15) is 30.1 Å². The van der Waals surface area contributed by atoms with Gasteiger partial charge in [0.2, 0.25) is 11.8 Å². The molecule has 2 aliphatic rings. The van der Waals surface area contributed by atoms with E-state index in [0.29, 0.717) is 34.4 Å². The first-order valence-corrected chi connectivity index (χ1v) is 10.8. The molecule has 0 spiro atoms. The average Bonchev–Trinajstić information content (AvgIpc) is 3.56. The van der Waals surface area contributed by atoms with Crippen LogP contribution in [0.3, 0.4) is 0 Å². The third-order valence-corrected chi connectivity index (χ3v) is 6.58. The van der Waals surface area contributed by atoms with Crippen molar-refractivity contribution in [1.82, 2.24) is 10.2 Å². The zero-order valence-electron chi connectivity index (χ0n) is 18.4. The first-order valence-electron chi connectivity index (χ1n) is 10.8. The molecule has 33 heavy (non-hydrogen) atoms. The third kappa shape index (κ3) is 4.00. The number of carbonyl (C=O) groups excluding carboxylic acids is 2. The summed E-state index contributed by atoms with van der Waals surface area (Å²) >= 11 is 0. The van der Waals surface area contributed by atoms with Crippen LogP contribution in [0, 0.1) is 17.3 Å². The number of nitrogens with zero attached hydrogens (tertiary/aromatic N) is 2. The number of ether oxygens (including phenoxy) is 1. The molecular formula is C25H24N4O4. The zero-order chi connectivity index (χ0) is 23.0. The van der Waals surface area contributed by atoms with Crippen molar-refractivity contribution in [2.24, 2.45) is 17.3 Å². The number of aromatic nitrogens is 2. The van der Waals surface area contributed by atoms with Gasteiger partial charge in [-0.3, -0.25) is 14.9 Å². The number of hydrogen-bond acceptors (Lipinski definition) is 6. The normalized spacial score (nSPS) is 22.8. The molecule has 2 aliphatic carbocycles. The maximum Gasteiger partial charge on any atom is 0.322 e. The number of fused-ring (bicyclic) bond motifs is 2. The van der Waals surface area contributed by atoms with Crippen molar-refractivity contribution in [3.05, 3.63) is 66.2 Å². The standard InChI is InChI=1S/C25H24N4O4/c1-25(14-15-3-8-18(25)13-15)23(31)26-19-9-4-16(5-10-19)21(30)27-24-29-28-22(33-24)17-6-11-20(32-2)12-7-17/h3-12,15,18H,13-14H2,1-2H3,(H,26,31)(H,27,29,30)/t15-,18-,25-/m0/s1. The van der Waals surface area contributed by atoms with Crippen LogP contribution < -0.4 is 15.4 Å². The van der Waals surface area contributed by atoms with Gasteiger partial charge in [-0.2, -0.15) is 0 Å². The van der Waals surface area contributed by atoms with Crippen LogP contribution in [0.25, 0.3) is 11.5 Å². The van der Waals surface area contributed by atoms with Crippen molar-refractivity contribution in [3.63, 3.8) is 0 Å². The van der Waals surface area contributed by atoms with Crippen molar-refractivity contribution in [2.45, 2.75) is 19.8 Å². The van der Waals surface area contributed by atoms with Crippen LogP contribution in [0.2, 0.25) is 0 Å². The fraction of sp³-hybridized carbons (Fsp3) is 0.280. The number of allylic oxidation sites excluding steroid dienone is 2. The second-order valence-electron chi connectivity index (χ2n) is 8.74. The van der Waals surface area contributed by atoms with Gasteiger partial charge in [0.05, 0.1) is 12.5 Å². The monoisotopic (exact) mass is 444 g/mol. The fourth-order valence-electron chi connectivity index (χ4n) is 4.63. The van der Waals surface area contributed by atoms with Gasteiger partial charge in [0, 0.05) is 16.8 Å². The minimum absolute atomic E-state index is 0.000429. The lowest BCUT2D eigenvalue weighted by Gasteiger charge is -2.29. The van der Waals surface area contributed by atoms with E-state index in [1.54, 1.807) is 55.6 Å². The highest BCUT2D eigenvalue weighted by molar-refractivity contribution is 6.03. The van der Waals surface area contributed by atoms with Gasteiger partial charge in [-0.25, -0.2) is 0 Å². The summed E-state index contributed by atoms with van der Waals surface area (Å²) in [7, 11) is 1.59. The predicted molar refractivity (Wildman–Crippen MR) is 123 cm³/mol. The number of methoxy groups -OCH3 is 1. The second kappa shape index (κ2) is 8.20. The van der Waals surface area contributed by atoms with E-state index in [2.05, 4.69) is 33.0 Å². The fourth-order valence-corrected chi connectivity index (χ4v) is 4.63. The molecule has 2 amide bonds. The van der Waals surface area contributed by atoms with Gasteiger partial charge >= 0.3 is 6.01 Å². The summed E-state index contributed by atoms with van der Waals surface area (Å²) < 4.78 is 10.7. The van der Waals surface area contributed by atoms with Crippen molar-refractivity contribution in [2.75, 3.05) is 17.7 Å². The Morgan fingerprint density at radius 3 is 2.42 bits per heavy atom. The molecule has 1 aromatic heterocycles. The summed E-state index contributed by atoms with van der Waals surface area (Å²) in [6.07, 6.45) is 6.32. The summed E-state index contributed by atoms with van der Waals surface area (Å²) in [5, 5.41) is 13.5. The number of nitrogens with one attached hydrogen (secondary N) is 2. The van der Waals surface area contributed by atoms with Crippen molar-refractivity contribution in [1.29, 1.82) is 0 Å². The Labute approximate surface area is 191 Å². The van der Waals surface area contributed by atoms with Gasteiger partial charge in [0.1, 0.15) is 5.75 Å². The zero-order valence-corrected chi connectivity index (χ0v) is 18.4. The van der Waals surface area contributed by atoms with Gasteiger partial charge in [0.25, 0.3) is 5.91 Å². The molecule has 168 valence electrons. The molecule has 1 heterocycles. The number of benzene rings is 2. The van der Waals surface area contributed by atoms with E-state index >= 15 is 0 Å². The minimum atomic E-state index is -0.386. The van der Waals surface area contributed by atoms with Crippen molar-refractivity contribution >= 4 is 23.5 Å². The summed E-state index contributed by atoms with van der Waals surface area (Å²) in [6, 6.07) is 13.9. The smallest absolute Gasteiger partial charge is 0.322 e. The molecule has 2 aromatic carbocycles. The van der Waals surface area contributed by atoms with Gasteiger partial charge in [0.15, 0.2) is 0 Å². The largest absolute Gasteiger partial charge is 0.497 e. The Morgan fingerprint density at radius 1 is 1.03 bits per heavy atom. The van der Waals surface area contributed by atoms with Crippen LogP contribution in [0.5, 0.6) is 5.75 Å². The minimum Gasteiger partial charge on any atom is -0.497 e. The highest BCUT2D eigenvalue weighted by Crippen LogP contribution is 2.52. The molecule has 2 N–H and O–H groups in total. The van der Waals surface area contributed by atoms with Crippen molar-refractivity contribution in [3.8, 4) is 17.2 Å². The van der Waals surface area contributed by atoms with E-state index in [-0.39, 0.29) is 29.1 Å². The highest BCUT2D eigenvalue weighted by Gasteiger charge is 2.49. The molecule has 1 saturated carbocycles. The molecule has 2 bridgehead atoms. The molecule has 0 unspecified atom stereocenters. The van der Waals surface area contributed by atoms with E-state index in [1.165, 1.54) is 0 Å². The van der Waals surface area contributed by atoms with Crippen LogP contribution in [0.4, 0.5) is 11.7 Å². The van der Waals surface area contributed by atoms with Gasteiger partial charge in [-0.15, -0.1) is 5.10 Å². The van der Waals surface area contributed by atoms with Crippen LogP contribution in [-0.2, 0) is 4.79 Å². The first-order chi connectivity index (χ1) is 15.9. The highest BCUT2D eigenvalue weighted by atomic mass is 16.5. The summed E-state index contributed by atoms with van der Waals surface area (Å²) in [4.78, 5) is 25.5. The Kier molecular flexibility index (Phi) is 5.20. The molecular weight excluding hydrogens is 420 g/mol. The predicted octanol–water partition coefficient (Wildman–Crippen LogP) is 4.54. The maximum absolute atomic E-state index is 12.9. The first kappa shape index (κ1) is 20.9. The topological polar surface area (TPSA) is 106 Å². The average molecular weight is 444 g/mol. The van der Waals surface area contributed by atoms with Gasteiger partial charge < -0.3 is 14.5 Å². The van der Waals surface area contributed by atoms with Crippen LogP contribution >= 0.6 is 0 Å². The quantitative estimate of drug-likeness (QED) is 0.541. The Balaban J connectivity index is 1.21. The lowest BCUT2D eigenvalue weighted by Crippen LogP contribution is -2.36. The third-order valence-electron chi connectivity index (χ3n) is 6.58. The second-order valence-corrected chi connectivity index (χ2v) is 8.74. The lowest BCUT2D eigenvalue weighted by molar-refractivity contribution is -0.126. The molecule has 3 aromatic rings. The van der Waals surface area contributed by atoms with E-state index in [4.69, 9.17) is 9.15 Å². The van der Waals surface area contributed by atoms with E-state index in [9.17, 15) is 9.59 Å². The van der Waals surface area contributed by atoms with Crippen LogP contribution in [0.15, 0.2) is 65.1 Å². The van der Waals surface area contributed by atoms with Gasteiger partial charge in [-0.1, -0.05) is 24.2 Å². The molecule has 5 rings (SSSR count). The lowest BCUT2D eigenvalue weighted by atomic mass is 9.77. The molecule has 0 aliphatic heterocycles. The Morgan fingerprint density at radius 2 is 1.79 bits per heavy atom. The van der Waals surface area contributed by atoms with Gasteiger partial charge in [-0.05, 0) is 73.2 Å². The Hall–Kier alpha value is -3.94.